The molecule has 20 heavy (non-hydrogen) atoms. The monoisotopic (exact) mass is 318 g/mol. The van der Waals surface area contributed by atoms with Gasteiger partial charge < -0.3 is 5.32 Å². The molecule has 0 spiro atoms. The lowest BCUT2D eigenvalue weighted by atomic mass is 10.2. The molecule has 112 valence electrons. The van der Waals surface area contributed by atoms with Crippen LogP contribution >= 0.6 is 11.6 Å². The van der Waals surface area contributed by atoms with Crippen LogP contribution in [0.15, 0.2) is 18.2 Å². The second-order valence-electron chi connectivity index (χ2n) is 4.53. The number of amides is 1. The number of nitrogens with one attached hydrogen (secondary N) is 2. The first kappa shape index (κ1) is 16.8. The van der Waals surface area contributed by atoms with E-state index >= 15 is 0 Å². The molecular weight excluding hydrogens is 300 g/mol. The number of anilines is 2. The fourth-order valence-corrected chi connectivity index (χ4v) is 3.05. The van der Waals surface area contributed by atoms with E-state index in [0.29, 0.717) is 30.1 Å². The van der Waals surface area contributed by atoms with Gasteiger partial charge in [0, 0.05) is 18.5 Å². The van der Waals surface area contributed by atoms with Gasteiger partial charge in [0.1, 0.15) is 0 Å². The Kier molecular flexibility index (Phi) is 6.29. The van der Waals surface area contributed by atoms with Crippen LogP contribution < -0.4 is 10.0 Å². The topological polar surface area (TPSA) is 75.3 Å². The van der Waals surface area contributed by atoms with Crippen molar-refractivity contribution in [2.75, 3.05) is 21.7 Å². The van der Waals surface area contributed by atoms with E-state index in [1.807, 2.05) is 0 Å². The minimum atomic E-state index is -3.40. The van der Waals surface area contributed by atoms with E-state index in [-0.39, 0.29) is 11.7 Å². The highest BCUT2D eigenvalue weighted by molar-refractivity contribution is 7.92. The Balaban J connectivity index is 2.82. The highest BCUT2D eigenvalue weighted by Gasteiger charge is 2.12. The number of hydrogen-bond donors (Lipinski definition) is 2. The lowest BCUT2D eigenvalue weighted by molar-refractivity contribution is -0.114. The van der Waals surface area contributed by atoms with Crippen molar-refractivity contribution in [1.29, 1.82) is 0 Å². The summed E-state index contributed by atoms with van der Waals surface area (Å²) in [6.45, 7) is 3.20. The molecule has 0 heterocycles. The van der Waals surface area contributed by atoms with Gasteiger partial charge >= 0.3 is 0 Å². The van der Waals surface area contributed by atoms with E-state index in [2.05, 4.69) is 10.0 Å². The molecule has 0 fully saturated rings. The lowest BCUT2D eigenvalue weighted by Gasteiger charge is -2.12. The standard InChI is InChI=1S/C13H19ClN2O3S/c1-10-5-6-12(15-11(2)17)9-13(10)16-20(18,19)8-4-3-7-14/h5-6,9,16H,3-4,7-8H2,1-2H3,(H,15,17). The maximum Gasteiger partial charge on any atom is 0.232 e. The van der Waals surface area contributed by atoms with Crippen molar-refractivity contribution in [2.45, 2.75) is 26.7 Å². The Morgan fingerprint density at radius 3 is 2.60 bits per heavy atom. The average Bonchev–Trinajstić information content (AvgIpc) is 2.32. The first-order valence-corrected chi connectivity index (χ1v) is 8.47. The molecule has 7 heteroatoms. The molecule has 0 bridgehead atoms. The third kappa shape index (κ3) is 5.79. The van der Waals surface area contributed by atoms with E-state index in [9.17, 15) is 13.2 Å². The number of sulfonamides is 1. The van der Waals surface area contributed by atoms with Crippen molar-refractivity contribution in [2.24, 2.45) is 0 Å². The molecule has 1 aromatic carbocycles. The summed E-state index contributed by atoms with van der Waals surface area (Å²) in [5, 5.41) is 2.62. The maximum atomic E-state index is 11.9. The van der Waals surface area contributed by atoms with Gasteiger partial charge in [-0.25, -0.2) is 8.42 Å². The molecule has 0 aliphatic rings. The third-order valence-electron chi connectivity index (χ3n) is 2.62. The zero-order valence-corrected chi connectivity index (χ0v) is 13.1. The van der Waals surface area contributed by atoms with E-state index in [1.165, 1.54) is 6.92 Å². The van der Waals surface area contributed by atoms with Crippen LogP contribution in [0.1, 0.15) is 25.3 Å². The number of carbonyl (C=O) groups is 1. The summed E-state index contributed by atoms with van der Waals surface area (Å²) in [7, 11) is -3.40. The summed E-state index contributed by atoms with van der Waals surface area (Å²) in [6.07, 6.45) is 1.18. The molecule has 1 aromatic rings. The first-order chi connectivity index (χ1) is 9.34. The zero-order valence-electron chi connectivity index (χ0n) is 11.6. The maximum absolute atomic E-state index is 11.9. The van der Waals surface area contributed by atoms with E-state index in [0.717, 1.165) is 5.56 Å². The Morgan fingerprint density at radius 1 is 1.30 bits per heavy atom. The number of halogens is 1. The van der Waals surface area contributed by atoms with Crippen LogP contribution in [0.25, 0.3) is 0 Å². The number of hydrogen-bond acceptors (Lipinski definition) is 3. The molecule has 1 rings (SSSR count). The average molecular weight is 319 g/mol. The quantitative estimate of drug-likeness (QED) is 0.599. The third-order valence-corrected chi connectivity index (χ3v) is 4.24. The minimum absolute atomic E-state index is 0.0313. The summed E-state index contributed by atoms with van der Waals surface area (Å²) in [5.41, 5.74) is 1.82. The number of carbonyl (C=O) groups excluding carboxylic acids is 1. The van der Waals surface area contributed by atoms with Crippen LogP contribution in [0.2, 0.25) is 0 Å². The Hall–Kier alpha value is -1.27. The largest absolute Gasteiger partial charge is 0.326 e. The molecule has 1 amide bonds. The van der Waals surface area contributed by atoms with Crippen molar-refractivity contribution in [3.8, 4) is 0 Å². The molecule has 0 aromatic heterocycles. The number of alkyl halides is 1. The molecule has 0 atom stereocenters. The molecule has 0 radical (unpaired) electrons. The van der Waals surface area contributed by atoms with Crippen molar-refractivity contribution < 1.29 is 13.2 Å². The van der Waals surface area contributed by atoms with E-state index in [4.69, 9.17) is 11.6 Å². The summed E-state index contributed by atoms with van der Waals surface area (Å²) >= 11 is 5.53. The van der Waals surface area contributed by atoms with Gasteiger partial charge in [0.2, 0.25) is 15.9 Å². The number of aryl methyl sites for hydroxylation is 1. The van der Waals surface area contributed by atoms with Crippen LogP contribution in [0.3, 0.4) is 0 Å². The SMILES string of the molecule is CC(=O)Nc1ccc(C)c(NS(=O)(=O)CCCCCl)c1. The molecule has 2 N–H and O–H groups in total. The summed E-state index contributed by atoms with van der Waals surface area (Å²) in [6, 6.07) is 5.08. The molecule has 0 saturated heterocycles. The highest BCUT2D eigenvalue weighted by atomic mass is 35.5. The van der Waals surface area contributed by atoms with Crippen LogP contribution in [0.4, 0.5) is 11.4 Å². The second kappa shape index (κ2) is 7.50. The fraction of sp³-hybridized carbons (Fsp3) is 0.462. The summed E-state index contributed by atoms with van der Waals surface area (Å²) < 4.78 is 26.4. The number of unbranched alkanes of at least 4 members (excludes halogenated alkanes) is 1. The second-order valence-corrected chi connectivity index (χ2v) is 6.75. The van der Waals surface area contributed by atoms with Crippen molar-refractivity contribution in [1.82, 2.24) is 0 Å². The smallest absolute Gasteiger partial charge is 0.232 e. The predicted octanol–water partition coefficient (Wildman–Crippen LogP) is 2.71. The first-order valence-electron chi connectivity index (χ1n) is 6.29. The van der Waals surface area contributed by atoms with Crippen molar-refractivity contribution in [3.63, 3.8) is 0 Å². The van der Waals surface area contributed by atoms with E-state index < -0.39 is 10.0 Å². The minimum Gasteiger partial charge on any atom is -0.326 e. The van der Waals surface area contributed by atoms with Gasteiger partial charge in [-0.15, -0.1) is 11.6 Å². The normalized spacial score (nSPS) is 11.2. The van der Waals surface area contributed by atoms with Crippen LogP contribution in [0.5, 0.6) is 0 Å². The van der Waals surface area contributed by atoms with Crippen molar-refractivity contribution >= 4 is 38.9 Å². The molecule has 0 unspecified atom stereocenters. The van der Waals surface area contributed by atoms with Gasteiger partial charge in [-0.2, -0.15) is 0 Å². The summed E-state index contributed by atoms with van der Waals surface area (Å²) in [5.74, 6) is 0.278. The van der Waals surface area contributed by atoms with E-state index in [1.54, 1.807) is 25.1 Å². The number of rotatable bonds is 7. The van der Waals surface area contributed by atoms with Gasteiger partial charge in [0.25, 0.3) is 0 Å². The highest BCUT2D eigenvalue weighted by Crippen LogP contribution is 2.21. The van der Waals surface area contributed by atoms with Gasteiger partial charge in [-0.3, -0.25) is 9.52 Å². The van der Waals surface area contributed by atoms with Gasteiger partial charge in [-0.05, 0) is 37.5 Å². The van der Waals surface area contributed by atoms with Crippen molar-refractivity contribution in [3.05, 3.63) is 23.8 Å². The molecular formula is C13H19ClN2O3S. The summed E-state index contributed by atoms with van der Waals surface area (Å²) in [4.78, 5) is 11.0. The predicted molar refractivity (Wildman–Crippen MR) is 82.8 cm³/mol. The molecule has 0 aliphatic heterocycles. The lowest BCUT2D eigenvalue weighted by Crippen LogP contribution is -2.17. The van der Waals surface area contributed by atoms with Gasteiger partial charge in [-0.1, -0.05) is 6.07 Å². The Labute approximate surface area is 124 Å². The molecule has 0 aliphatic carbocycles. The van der Waals surface area contributed by atoms with Crippen LogP contribution in [-0.4, -0.2) is 26.0 Å². The van der Waals surface area contributed by atoms with Crippen LogP contribution in [-0.2, 0) is 14.8 Å². The number of benzene rings is 1. The molecule has 0 saturated carbocycles. The van der Waals surface area contributed by atoms with Gasteiger partial charge in [0.05, 0.1) is 11.4 Å². The zero-order chi connectivity index (χ0) is 15.2. The fourth-order valence-electron chi connectivity index (χ4n) is 1.62. The van der Waals surface area contributed by atoms with Gasteiger partial charge in [0.15, 0.2) is 0 Å². The Bertz CT molecular complexity index is 573. The van der Waals surface area contributed by atoms with Crippen LogP contribution in [0, 0.1) is 6.92 Å². The molecule has 5 nitrogen and oxygen atoms in total. The Morgan fingerprint density at radius 2 is 2.00 bits per heavy atom.